The number of hydrogen-bond donors (Lipinski definition) is 1. The number of nitrogens with zero attached hydrogens (tertiary/aromatic N) is 2. The summed E-state index contributed by atoms with van der Waals surface area (Å²) in [4.78, 5) is 15.7. The maximum absolute atomic E-state index is 10.8. The molecule has 0 fully saturated rings. The Hall–Kier alpha value is -1.47. The molecule has 0 aliphatic rings. The molecule has 1 atom stereocenters. The van der Waals surface area contributed by atoms with Gasteiger partial charge in [-0.05, 0) is 35.8 Å². The summed E-state index contributed by atoms with van der Waals surface area (Å²) < 4.78 is 0.798. The van der Waals surface area contributed by atoms with Crippen LogP contribution in [0.5, 0.6) is 0 Å². The summed E-state index contributed by atoms with van der Waals surface area (Å²) in [5, 5.41) is 14.1. The summed E-state index contributed by atoms with van der Waals surface area (Å²) in [7, 11) is 0. The standard InChI is InChI=1S/C12H12BrN3O2S/c1-7-12(19-6-14-7)8(2)15-11-5-9(16(17)18)3-4-10(11)13/h3-6,8,15H,1-2H3. The highest BCUT2D eigenvalue weighted by atomic mass is 79.9. The predicted octanol–water partition coefficient (Wildman–Crippen LogP) is 4.30. The van der Waals surface area contributed by atoms with Gasteiger partial charge in [0.2, 0.25) is 0 Å². The van der Waals surface area contributed by atoms with Gasteiger partial charge in [0, 0.05) is 21.5 Å². The molecule has 1 heterocycles. The molecule has 0 bridgehead atoms. The van der Waals surface area contributed by atoms with Crippen LogP contribution in [0.4, 0.5) is 11.4 Å². The van der Waals surface area contributed by atoms with Gasteiger partial charge >= 0.3 is 0 Å². The van der Waals surface area contributed by atoms with E-state index in [1.165, 1.54) is 12.1 Å². The van der Waals surface area contributed by atoms with Gasteiger partial charge in [0.1, 0.15) is 0 Å². The zero-order valence-electron chi connectivity index (χ0n) is 10.4. The summed E-state index contributed by atoms with van der Waals surface area (Å²) in [6.07, 6.45) is 0. The predicted molar refractivity (Wildman–Crippen MR) is 79.7 cm³/mol. The third-order valence-corrected chi connectivity index (χ3v) is 4.51. The molecule has 5 nitrogen and oxygen atoms in total. The molecule has 0 saturated carbocycles. The third kappa shape index (κ3) is 3.10. The van der Waals surface area contributed by atoms with Crippen LogP contribution in [0.1, 0.15) is 23.5 Å². The van der Waals surface area contributed by atoms with Crippen molar-refractivity contribution < 1.29 is 4.92 Å². The lowest BCUT2D eigenvalue weighted by atomic mass is 10.2. The van der Waals surface area contributed by atoms with Crippen LogP contribution in [0.3, 0.4) is 0 Å². The zero-order chi connectivity index (χ0) is 14.0. The van der Waals surface area contributed by atoms with Crippen molar-refractivity contribution >= 4 is 38.6 Å². The molecule has 2 rings (SSSR count). The Morgan fingerprint density at radius 2 is 2.26 bits per heavy atom. The van der Waals surface area contributed by atoms with Crippen LogP contribution in [0.2, 0.25) is 0 Å². The molecule has 0 radical (unpaired) electrons. The highest BCUT2D eigenvalue weighted by Crippen LogP contribution is 2.31. The quantitative estimate of drug-likeness (QED) is 0.665. The van der Waals surface area contributed by atoms with E-state index in [1.807, 2.05) is 13.8 Å². The Balaban J connectivity index is 2.26. The Labute approximate surface area is 123 Å². The van der Waals surface area contributed by atoms with Crippen molar-refractivity contribution in [3.8, 4) is 0 Å². The van der Waals surface area contributed by atoms with E-state index in [0.29, 0.717) is 5.69 Å². The Bertz CT molecular complexity index is 615. The molecule has 0 spiro atoms. The molecule has 2 aromatic rings. The first-order chi connectivity index (χ1) is 8.99. The average Bonchev–Trinajstić information content (AvgIpc) is 2.78. The highest BCUT2D eigenvalue weighted by molar-refractivity contribution is 9.10. The summed E-state index contributed by atoms with van der Waals surface area (Å²) in [5.41, 5.74) is 3.55. The number of rotatable bonds is 4. The first-order valence-corrected chi connectivity index (χ1v) is 7.26. The van der Waals surface area contributed by atoms with Gasteiger partial charge in [0.25, 0.3) is 5.69 Å². The number of nitro groups is 1. The summed E-state index contributed by atoms with van der Waals surface area (Å²) in [5.74, 6) is 0. The van der Waals surface area contributed by atoms with E-state index in [1.54, 1.807) is 22.9 Å². The lowest BCUT2D eigenvalue weighted by molar-refractivity contribution is -0.384. The van der Waals surface area contributed by atoms with Gasteiger partial charge in [-0.3, -0.25) is 10.1 Å². The van der Waals surface area contributed by atoms with Crippen LogP contribution in [0.15, 0.2) is 28.2 Å². The van der Waals surface area contributed by atoms with Gasteiger partial charge in [-0.1, -0.05) is 0 Å². The minimum atomic E-state index is -0.403. The number of thiazole rings is 1. The molecule has 1 unspecified atom stereocenters. The van der Waals surface area contributed by atoms with Crippen molar-refractivity contribution in [2.75, 3.05) is 5.32 Å². The second kappa shape index (κ2) is 5.66. The number of hydrogen-bond acceptors (Lipinski definition) is 5. The van der Waals surface area contributed by atoms with Crippen molar-refractivity contribution in [1.82, 2.24) is 4.98 Å². The summed E-state index contributed by atoms with van der Waals surface area (Å²) in [6, 6.07) is 4.72. The second-order valence-electron chi connectivity index (χ2n) is 4.09. The van der Waals surface area contributed by atoms with Gasteiger partial charge in [-0.15, -0.1) is 11.3 Å². The van der Waals surface area contributed by atoms with E-state index >= 15 is 0 Å². The fourth-order valence-corrected chi connectivity index (χ4v) is 2.93. The molecule has 19 heavy (non-hydrogen) atoms. The van der Waals surface area contributed by atoms with E-state index in [0.717, 1.165) is 15.0 Å². The lowest BCUT2D eigenvalue weighted by Gasteiger charge is -2.15. The number of aromatic nitrogens is 1. The minimum absolute atomic E-state index is 0.0470. The maximum atomic E-state index is 10.8. The molecule has 1 aromatic carbocycles. The third-order valence-electron chi connectivity index (χ3n) is 2.71. The molecule has 100 valence electrons. The lowest BCUT2D eigenvalue weighted by Crippen LogP contribution is -2.07. The number of benzene rings is 1. The second-order valence-corrected chi connectivity index (χ2v) is 5.83. The monoisotopic (exact) mass is 341 g/mol. The van der Waals surface area contributed by atoms with Crippen molar-refractivity contribution in [2.45, 2.75) is 19.9 Å². The molecule has 0 saturated heterocycles. The topological polar surface area (TPSA) is 68.1 Å². The number of aryl methyl sites for hydroxylation is 1. The molecule has 1 aromatic heterocycles. The van der Waals surface area contributed by atoms with E-state index in [9.17, 15) is 10.1 Å². The summed E-state index contributed by atoms with van der Waals surface area (Å²) in [6.45, 7) is 3.96. The van der Waals surface area contributed by atoms with Gasteiger partial charge in [-0.25, -0.2) is 4.98 Å². The van der Waals surface area contributed by atoms with Crippen molar-refractivity contribution in [3.05, 3.63) is 48.9 Å². The van der Waals surface area contributed by atoms with Crippen molar-refractivity contribution in [2.24, 2.45) is 0 Å². The molecule has 0 aliphatic carbocycles. The normalized spacial score (nSPS) is 12.2. The summed E-state index contributed by atoms with van der Waals surface area (Å²) >= 11 is 4.96. The number of anilines is 1. The number of halogens is 1. The number of nitro benzene ring substituents is 1. The SMILES string of the molecule is Cc1ncsc1C(C)Nc1cc([N+](=O)[O-])ccc1Br. The van der Waals surface area contributed by atoms with Crippen LogP contribution in [0, 0.1) is 17.0 Å². The fourth-order valence-electron chi connectivity index (χ4n) is 1.76. The minimum Gasteiger partial charge on any atom is -0.377 e. The molecule has 0 aliphatic heterocycles. The Morgan fingerprint density at radius 3 is 2.84 bits per heavy atom. The van der Waals surface area contributed by atoms with Crippen LogP contribution in [-0.4, -0.2) is 9.91 Å². The van der Waals surface area contributed by atoms with Crippen LogP contribution in [-0.2, 0) is 0 Å². The van der Waals surface area contributed by atoms with E-state index in [-0.39, 0.29) is 11.7 Å². The molecule has 1 N–H and O–H groups in total. The van der Waals surface area contributed by atoms with Gasteiger partial charge in [0.15, 0.2) is 0 Å². The number of non-ortho nitro benzene ring substituents is 1. The smallest absolute Gasteiger partial charge is 0.271 e. The van der Waals surface area contributed by atoms with Gasteiger partial charge < -0.3 is 5.32 Å². The van der Waals surface area contributed by atoms with E-state index < -0.39 is 4.92 Å². The maximum Gasteiger partial charge on any atom is 0.271 e. The molecular formula is C12H12BrN3O2S. The molecular weight excluding hydrogens is 330 g/mol. The largest absolute Gasteiger partial charge is 0.377 e. The Morgan fingerprint density at radius 1 is 1.53 bits per heavy atom. The first-order valence-electron chi connectivity index (χ1n) is 5.59. The fraction of sp³-hybridized carbons (Fsp3) is 0.250. The highest BCUT2D eigenvalue weighted by Gasteiger charge is 2.14. The Kier molecular flexibility index (Phi) is 4.16. The zero-order valence-corrected chi connectivity index (χ0v) is 12.8. The van der Waals surface area contributed by atoms with Crippen molar-refractivity contribution in [3.63, 3.8) is 0 Å². The number of nitrogens with one attached hydrogen (secondary N) is 1. The molecule has 7 heteroatoms. The van der Waals surface area contributed by atoms with Crippen LogP contribution < -0.4 is 5.32 Å². The average molecular weight is 342 g/mol. The van der Waals surface area contributed by atoms with Crippen LogP contribution >= 0.6 is 27.3 Å². The van der Waals surface area contributed by atoms with Gasteiger partial charge in [0.05, 0.1) is 27.9 Å². The van der Waals surface area contributed by atoms with E-state index in [2.05, 4.69) is 26.2 Å². The van der Waals surface area contributed by atoms with Crippen LogP contribution in [0.25, 0.3) is 0 Å². The van der Waals surface area contributed by atoms with E-state index in [4.69, 9.17) is 0 Å². The first kappa shape index (κ1) is 14.0. The molecule has 0 amide bonds. The van der Waals surface area contributed by atoms with Gasteiger partial charge in [-0.2, -0.15) is 0 Å². The van der Waals surface area contributed by atoms with Crippen molar-refractivity contribution in [1.29, 1.82) is 0 Å².